The van der Waals surface area contributed by atoms with E-state index in [9.17, 15) is 9.59 Å². The van der Waals surface area contributed by atoms with Crippen LogP contribution >= 0.6 is 0 Å². The average molecular weight is 448 g/mol. The van der Waals surface area contributed by atoms with Gasteiger partial charge >= 0.3 is 5.97 Å². The molecule has 0 aromatic heterocycles. The van der Waals surface area contributed by atoms with Gasteiger partial charge in [0, 0.05) is 6.42 Å². The molecule has 6 heteroatoms. The molecule has 0 aliphatic carbocycles. The lowest BCUT2D eigenvalue weighted by molar-refractivity contribution is -0.152. The molecule has 2 aromatic rings. The molecule has 6 nitrogen and oxygen atoms in total. The summed E-state index contributed by atoms with van der Waals surface area (Å²) in [4.78, 5) is 28.0. The molecule has 174 valence electrons. The number of nitrogens with zero attached hydrogens (tertiary/aromatic N) is 3. The minimum Gasteiger partial charge on any atom is -0.465 e. The van der Waals surface area contributed by atoms with Crippen molar-refractivity contribution in [2.45, 2.75) is 58.5 Å². The Hall–Kier alpha value is -2.99. The van der Waals surface area contributed by atoms with Crippen LogP contribution in [0.4, 0.5) is 0 Å². The van der Waals surface area contributed by atoms with Crippen molar-refractivity contribution in [2.75, 3.05) is 19.7 Å². The maximum atomic E-state index is 13.6. The molecule has 0 spiro atoms. The van der Waals surface area contributed by atoms with E-state index in [0.717, 1.165) is 41.7 Å². The van der Waals surface area contributed by atoms with Gasteiger partial charge in [0.1, 0.15) is 6.04 Å². The van der Waals surface area contributed by atoms with Crippen LogP contribution in [0.1, 0.15) is 60.9 Å². The number of rotatable bonds is 6. The number of esters is 1. The van der Waals surface area contributed by atoms with Gasteiger partial charge in [0.15, 0.2) is 0 Å². The van der Waals surface area contributed by atoms with Crippen molar-refractivity contribution < 1.29 is 14.3 Å². The zero-order valence-corrected chi connectivity index (χ0v) is 19.8. The van der Waals surface area contributed by atoms with E-state index in [2.05, 4.69) is 50.2 Å². The topological polar surface area (TPSA) is 62.2 Å². The molecular formula is C27H33N3O3. The molecule has 2 aromatic carbocycles. The van der Waals surface area contributed by atoms with E-state index in [4.69, 9.17) is 9.84 Å². The Kier molecular flexibility index (Phi) is 7.23. The van der Waals surface area contributed by atoms with Crippen LogP contribution in [-0.2, 0) is 14.3 Å². The van der Waals surface area contributed by atoms with Gasteiger partial charge in [-0.15, -0.1) is 0 Å². The van der Waals surface area contributed by atoms with Crippen LogP contribution < -0.4 is 0 Å². The molecule has 1 saturated heterocycles. The van der Waals surface area contributed by atoms with E-state index in [1.807, 2.05) is 24.0 Å². The van der Waals surface area contributed by atoms with Crippen LogP contribution in [0.25, 0.3) is 0 Å². The third kappa shape index (κ3) is 5.33. The fourth-order valence-corrected chi connectivity index (χ4v) is 4.72. The van der Waals surface area contributed by atoms with Gasteiger partial charge in [0.05, 0.1) is 24.9 Å². The van der Waals surface area contributed by atoms with Crippen LogP contribution in [0, 0.1) is 13.8 Å². The summed E-state index contributed by atoms with van der Waals surface area (Å²) in [5, 5.41) is 6.45. The third-order valence-electron chi connectivity index (χ3n) is 6.49. The highest BCUT2D eigenvalue weighted by Gasteiger charge is 2.37. The van der Waals surface area contributed by atoms with Crippen molar-refractivity contribution >= 4 is 17.6 Å². The van der Waals surface area contributed by atoms with Crippen LogP contribution in [0.3, 0.4) is 0 Å². The molecule has 1 amide bonds. The van der Waals surface area contributed by atoms with Crippen molar-refractivity contribution in [3.8, 4) is 0 Å². The molecule has 0 bridgehead atoms. The number of carbonyl (C=O) groups is 2. The second-order valence-electron chi connectivity index (χ2n) is 9.02. The van der Waals surface area contributed by atoms with Gasteiger partial charge in [0.2, 0.25) is 0 Å². The first-order valence-corrected chi connectivity index (χ1v) is 11.9. The number of carbonyl (C=O) groups excluding carboxylic acids is 2. The molecule has 0 radical (unpaired) electrons. The van der Waals surface area contributed by atoms with Crippen LogP contribution in [0.5, 0.6) is 0 Å². The van der Waals surface area contributed by atoms with E-state index in [1.165, 1.54) is 5.56 Å². The summed E-state index contributed by atoms with van der Waals surface area (Å²) in [6, 6.07) is 16.0. The number of ether oxygens (including phenoxy) is 1. The number of hydrogen-bond donors (Lipinski definition) is 0. The Bertz CT molecular complexity index is 1030. The number of benzene rings is 2. The highest BCUT2D eigenvalue weighted by atomic mass is 16.5. The molecule has 2 aliphatic rings. The number of likely N-dealkylation sites (tertiary alicyclic amines) is 1. The Morgan fingerprint density at radius 2 is 1.85 bits per heavy atom. The molecule has 0 saturated carbocycles. The van der Waals surface area contributed by atoms with E-state index >= 15 is 0 Å². The number of piperidine rings is 1. The quantitative estimate of drug-likeness (QED) is 0.616. The fourth-order valence-electron chi connectivity index (χ4n) is 4.72. The highest BCUT2D eigenvalue weighted by molar-refractivity contribution is 6.03. The molecule has 2 aliphatic heterocycles. The molecular weight excluding hydrogens is 414 g/mol. The SMILES string of the molecule is CCOC(=O)[C@H]1CCCCN1CC(=O)N1N=C(c2cccc(C)c2)C[C@@H]1c1ccc(C)cc1. The predicted octanol–water partition coefficient (Wildman–Crippen LogP) is 4.40. The van der Waals surface area contributed by atoms with Gasteiger partial charge in [-0.1, -0.05) is 66.1 Å². The van der Waals surface area contributed by atoms with Crippen LogP contribution in [-0.4, -0.2) is 53.2 Å². The summed E-state index contributed by atoms with van der Waals surface area (Å²) in [5.41, 5.74) is 5.38. The Balaban J connectivity index is 1.59. The van der Waals surface area contributed by atoms with Crippen molar-refractivity contribution in [2.24, 2.45) is 5.10 Å². The van der Waals surface area contributed by atoms with Crippen molar-refractivity contribution in [1.29, 1.82) is 0 Å². The second kappa shape index (κ2) is 10.3. The maximum Gasteiger partial charge on any atom is 0.323 e. The predicted molar refractivity (Wildman–Crippen MR) is 129 cm³/mol. The van der Waals surface area contributed by atoms with Crippen LogP contribution in [0.15, 0.2) is 53.6 Å². The van der Waals surface area contributed by atoms with Gasteiger partial charge in [-0.05, 0) is 51.3 Å². The largest absolute Gasteiger partial charge is 0.465 e. The van der Waals surface area contributed by atoms with E-state index < -0.39 is 0 Å². The van der Waals surface area contributed by atoms with Gasteiger partial charge < -0.3 is 4.74 Å². The summed E-state index contributed by atoms with van der Waals surface area (Å²) >= 11 is 0. The number of hydrogen-bond acceptors (Lipinski definition) is 5. The highest BCUT2D eigenvalue weighted by Crippen LogP contribution is 2.33. The summed E-state index contributed by atoms with van der Waals surface area (Å²) in [6.45, 7) is 7.16. The molecule has 4 rings (SSSR count). The van der Waals surface area contributed by atoms with Gasteiger partial charge in [-0.2, -0.15) is 5.10 Å². The number of hydrazone groups is 1. The van der Waals surface area contributed by atoms with Gasteiger partial charge in [0.25, 0.3) is 5.91 Å². The summed E-state index contributed by atoms with van der Waals surface area (Å²) in [7, 11) is 0. The van der Waals surface area contributed by atoms with Crippen molar-refractivity contribution in [1.82, 2.24) is 9.91 Å². The van der Waals surface area contributed by atoms with Crippen LogP contribution in [0.2, 0.25) is 0 Å². The minimum atomic E-state index is -0.358. The fraction of sp³-hybridized carbons (Fsp3) is 0.444. The number of aryl methyl sites for hydroxylation is 2. The maximum absolute atomic E-state index is 13.6. The smallest absolute Gasteiger partial charge is 0.323 e. The Morgan fingerprint density at radius 3 is 2.58 bits per heavy atom. The summed E-state index contributed by atoms with van der Waals surface area (Å²) in [5.74, 6) is -0.315. The normalized spacial score (nSPS) is 21.1. The van der Waals surface area contributed by atoms with Gasteiger partial charge in [-0.25, -0.2) is 5.01 Å². The van der Waals surface area contributed by atoms with Gasteiger partial charge in [-0.3, -0.25) is 14.5 Å². The molecule has 0 unspecified atom stereocenters. The first kappa shape index (κ1) is 23.2. The first-order valence-electron chi connectivity index (χ1n) is 11.9. The minimum absolute atomic E-state index is 0.0839. The molecule has 2 atom stereocenters. The first-order chi connectivity index (χ1) is 16.0. The molecule has 0 N–H and O–H groups in total. The lowest BCUT2D eigenvalue weighted by Crippen LogP contribution is -2.49. The molecule has 33 heavy (non-hydrogen) atoms. The zero-order chi connectivity index (χ0) is 23.4. The standard InChI is InChI=1S/C27H33N3O3/c1-4-33-27(32)24-10-5-6-15-29(24)18-26(31)30-25(21-13-11-19(2)12-14-21)17-23(28-30)22-9-7-8-20(3)16-22/h7-9,11-14,16,24-25H,4-6,10,15,17-18H2,1-3H3/t24-,25-/m1/s1. The van der Waals surface area contributed by atoms with E-state index in [-0.39, 0.29) is 30.5 Å². The van der Waals surface area contributed by atoms with Crippen molar-refractivity contribution in [3.63, 3.8) is 0 Å². The average Bonchev–Trinajstić information content (AvgIpc) is 3.26. The van der Waals surface area contributed by atoms with Crippen molar-refractivity contribution in [3.05, 3.63) is 70.8 Å². The third-order valence-corrected chi connectivity index (χ3v) is 6.49. The molecule has 2 heterocycles. The van der Waals surface area contributed by atoms with E-state index in [1.54, 1.807) is 5.01 Å². The Morgan fingerprint density at radius 1 is 1.06 bits per heavy atom. The summed E-state index contributed by atoms with van der Waals surface area (Å²) in [6.07, 6.45) is 3.34. The van der Waals surface area contributed by atoms with E-state index in [0.29, 0.717) is 19.6 Å². The monoisotopic (exact) mass is 447 g/mol. The summed E-state index contributed by atoms with van der Waals surface area (Å²) < 4.78 is 5.27. The lowest BCUT2D eigenvalue weighted by Gasteiger charge is -2.34. The lowest BCUT2D eigenvalue weighted by atomic mass is 9.97. The Labute approximate surface area is 196 Å². The number of amides is 1. The zero-order valence-electron chi connectivity index (χ0n) is 19.8. The molecule has 1 fully saturated rings. The second-order valence-corrected chi connectivity index (χ2v) is 9.02.